The summed E-state index contributed by atoms with van der Waals surface area (Å²) in [7, 11) is -2.32. The third-order valence-corrected chi connectivity index (χ3v) is 6.17. The molecule has 0 radical (unpaired) electrons. The van der Waals surface area contributed by atoms with E-state index in [2.05, 4.69) is 86.1 Å². The van der Waals surface area contributed by atoms with E-state index in [1.165, 1.54) is 21.5 Å². The van der Waals surface area contributed by atoms with Gasteiger partial charge in [0.05, 0.1) is 0 Å². The molecule has 0 saturated carbocycles. The second kappa shape index (κ2) is 5.21. The molecule has 1 aliphatic rings. The maximum atomic E-state index is 6.40. The normalized spacial score (nSPS) is 16.2. The summed E-state index contributed by atoms with van der Waals surface area (Å²) in [6, 6.07) is 25.4. The summed E-state index contributed by atoms with van der Waals surface area (Å²) in [5.41, 5.74) is 2.28. The Balaban J connectivity index is 2.00. The third kappa shape index (κ3) is 2.29. The zero-order valence-electron chi connectivity index (χ0n) is 14.2. The SMILES string of the molecule is C[PH]1(C)Oc2ccc3ccccc3c2-c2c(ccc3ccccc23)O1. The van der Waals surface area contributed by atoms with Crippen LogP contribution in [0.2, 0.25) is 0 Å². The Morgan fingerprint density at radius 3 is 1.48 bits per heavy atom. The molecule has 0 fully saturated rings. The second-order valence-corrected chi connectivity index (χ2v) is 10.1. The molecule has 2 nitrogen and oxygen atoms in total. The maximum absolute atomic E-state index is 6.40. The van der Waals surface area contributed by atoms with E-state index in [1.807, 2.05) is 0 Å². The summed E-state index contributed by atoms with van der Waals surface area (Å²) < 4.78 is 12.8. The van der Waals surface area contributed by atoms with Crippen molar-refractivity contribution in [2.45, 2.75) is 0 Å². The van der Waals surface area contributed by atoms with E-state index in [0.717, 1.165) is 22.6 Å². The first-order chi connectivity index (χ1) is 12.1. The van der Waals surface area contributed by atoms with Gasteiger partial charge in [-0.05, 0) is 0 Å². The molecule has 0 spiro atoms. The number of fused-ring (bicyclic) bond motifs is 7. The van der Waals surface area contributed by atoms with Crippen molar-refractivity contribution in [2.75, 3.05) is 13.3 Å². The van der Waals surface area contributed by atoms with Crippen LogP contribution in [0.3, 0.4) is 0 Å². The number of rotatable bonds is 0. The zero-order valence-corrected chi connectivity index (χ0v) is 15.2. The monoisotopic (exact) mass is 346 g/mol. The van der Waals surface area contributed by atoms with Crippen LogP contribution in [0.1, 0.15) is 0 Å². The predicted octanol–water partition coefficient (Wildman–Crippen LogP) is 6.27. The summed E-state index contributed by atoms with van der Waals surface area (Å²) in [6.45, 7) is 4.19. The molecular formula is C22H19O2P. The van der Waals surface area contributed by atoms with Crippen molar-refractivity contribution in [2.24, 2.45) is 0 Å². The first kappa shape index (κ1) is 14.7. The number of benzene rings is 4. The van der Waals surface area contributed by atoms with E-state index in [0.29, 0.717) is 0 Å². The molecule has 4 aromatic rings. The van der Waals surface area contributed by atoms with Gasteiger partial charge in [0.25, 0.3) is 0 Å². The van der Waals surface area contributed by atoms with Gasteiger partial charge >= 0.3 is 147 Å². The molecule has 1 aliphatic heterocycles. The van der Waals surface area contributed by atoms with Crippen LogP contribution in [0.25, 0.3) is 32.7 Å². The van der Waals surface area contributed by atoms with Crippen LogP contribution >= 0.6 is 7.72 Å². The first-order valence-electron chi connectivity index (χ1n) is 8.54. The zero-order chi connectivity index (χ0) is 17.0. The number of hydrogen-bond donors (Lipinski definition) is 0. The van der Waals surface area contributed by atoms with Crippen LogP contribution in [0, 0.1) is 0 Å². The third-order valence-electron chi connectivity index (χ3n) is 4.74. The Hall–Kier alpha value is -2.57. The summed E-state index contributed by atoms with van der Waals surface area (Å²) in [4.78, 5) is 0. The van der Waals surface area contributed by atoms with Gasteiger partial charge in [0, 0.05) is 0 Å². The minimum absolute atomic E-state index is 0.922. The van der Waals surface area contributed by atoms with Gasteiger partial charge in [-0.3, -0.25) is 0 Å². The van der Waals surface area contributed by atoms with E-state index in [-0.39, 0.29) is 0 Å². The molecule has 5 rings (SSSR count). The molecule has 0 amide bonds. The van der Waals surface area contributed by atoms with E-state index < -0.39 is 7.72 Å². The van der Waals surface area contributed by atoms with E-state index in [1.54, 1.807) is 0 Å². The first-order valence-corrected chi connectivity index (χ1v) is 11.4. The van der Waals surface area contributed by atoms with Gasteiger partial charge in [-0.15, -0.1) is 0 Å². The summed E-state index contributed by atoms with van der Waals surface area (Å²) in [5.74, 6) is 1.84. The van der Waals surface area contributed by atoms with Gasteiger partial charge in [0.15, 0.2) is 0 Å². The van der Waals surface area contributed by atoms with Gasteiger partial charge in [0.1, 0.15) is 0 Å². The Morgan fingerprint density at radius 2 is 1.00 bits per heavy atom. The molecule has 25 heavy (non-hydrogen) atoms. The molecule has 1 heterocycles. The Labute approximate surface area is 147 Å². The molecule has 0 N–H and O–H groups in total. The average molecular weight is 346 g/mol. The van der Waals surface area contributed by atoms with Crippen LogP contribution in [-0.4, -0.2) is 13.3 Å². The van der Waals surface area contributed by atoms with Crippen LogP contribution in [0.4, 0.5) is 0 Å². The second-order valence-electron chi connectivity index (χ2n) is 6.92. The van der Waals surface area contributed by atoms with Crippen LogP contribution in [-0.2, 0) is 0 Å². The average Bonchev–Trinajstić information content (AvgIpc) is 2.73. The summed E-state index contributed by atoms with van der Waals surface area (Å²) in [5, 5.41) is 4.83. The van der Waals surface area contributed by atoms with Crippen molar-refractivity contribution >= 4 is 29.3 Å². The van der Waals surface area contributed by atoms with Gasteiger partial charge in [-0.2, -0.15) is 0 Å². The van der Waals surface area contributed by atoms with Crippen LogP contribution in [0.15, 0.2) is 72.8 Å². The topological polar surface area (TPSA) is 18.5 Å². The molecule has 0 atom stereocenters. The Bertz CT molecular complexity index is 1040. The number of hydrogen-bond acceptors (Lipinski definition) is 2. The van der Waals surface area contributed by atoms with Crippen molar-refractivity contribution < 1.29 is 9.05 Å². The van der Waals surface area contributed by atoms with Crippen LogP contribution < -0.4 is 9.05 Å². The predicted molar refractivity (Wildman–Crippen MR) is 108 cm³/mol. The fourth-order valence-electron chi connectivity index (χ4n) is 3.74. The molecular weight excluding hydrogens is 327 g/mol. The molecule has 0 bridgehead atoms. The molecule has 4 aromatic carbocycles. The quantitative estimate of drug-likeness (QED) is 0.349. The van der Waals surface area contributed by atoms with Crippen molar-refractivity contribution in [1.29, 1.82) is 0 Å². The summed E-state index contributed by atoms with van der Waals surface area (Å²) >= 11 is 0. The van der Waals surface area contributed by atoms with E-state index in [4.69, 9.17) is 9.05 Å². The van der Waals surface area contributed by atoms with E-state index in [9.17, 15) is 0 Å². The molecule has 124 valence electrons. The fourth-order valence-corrected chi connectivity index (χ4v) is 5.18. The van der Waals surface area contributed by atoms with Crippen LogP contribution in [0.5, 0.6) is 11.5 Å². The molecule has 0 aromatic heterocycles. The van der Waals surface area contributed by atoms with Crippen molar-refractivity contribution in [3.63, 3.8) is 0 Å². The van der Waals surface area contributed by atoms with Crippen molar-refractivity contribution in [3.05, 3.63) is 72.8 Å². The minimum atomic E-state index is -2.32. The van der Waals surface area contributed by atoms with E-state index >= 15 is 0 Å². The standard InChI is InChI=1S/C22H19O2P/c1-25(2)23-19-13-11-15-7-3-5-9-17(15)21(19)22-18-10-6-4-8-16(18)12-14-20(22)24-25/h3-14,25H,1-2H3. The molecule has 3 heteroatoms. The van der Waals surface area contributed by atoms with Gasteiger partial charge in [-0.25, -0.2) is 0 Å². The van der Waals surface area contributed by atoms with Gasteiger partial charge < -0.3 is 0 Å². The molecule has 0 saturated heterocycles. The van der Waals surface area contributed by atoms with Crippen molar-refractivity contribution in [1.82, 2.24) is 0 Å². The molecule has 0 aliphatic carbocycles. The van der Waals surface area contributed by atoms with Crippen molar-refractivity contribution in [3.8, 4) is 22.6 Å². The van der Waals surface area contributed by atoms with Gasteiger partial charge in [0.2, 0.25) is 0 Å². The Kier molecular flexibility index (Phi) is 3.07. The Morgan fingerprint density at radius 1 is 0.560 bits per heavy atom. The molecule has 0 unspecified atom stereocenters. The fraction of sp³-hybridized carbons (Fsp3) is 0.0909. The summed E-state index contributed by atoms with van der Waals surface area (Å²) in [6.07, 6.45) is 0. The van der Waals surface area contributed by atoms with Gasteiger partial charge in [-0.1, -0.05) is 0 Å².